The van der Waals surface area contributed by atoms with Crippen LogP contribution in [0, 0.1) is 0 Å². The summed E-state index contributed by atoms with van der Waals surface area (Å²) in [6.45, 7) is 0. The summed E-state index contributed by atoms with van der Waals surface area (Å²) in [6, 6.07) is 67.2. The molecule has 5 aromatic carbocycles. The molecular weight excluding hydrogens is 735 g/mol. The Balaban J connectivity index is 1.09. The molecule has 0 atom stereocenters. The van der Waals surface area contributed by atoms with Crippen molar-refractivity contribution in [2.24, 2.45) is 0 Å². The molecule has 0 saturated heterocycles. The molecule has 0 aliphatic carbocycles. The number of rotatable bonds is 9. The Morgan fingerprint density at radius 2 is 0.533 bits per heavy atom. The van der Waals surface area contributed by atoms with Gasteiger partial charge in [0.15, 0.2) is 11.6 Å². The summed E-state index contributed by atoms with van der Waals surface area (Å²) in [6.07, 6.45) is 3.61. The van der Waals surface area contributed by atoms with E-state index in [1.807, 2.05) is 146 Å². The zero-order valence-corrected chi connectivity index (χ0v) is 32.3. The summed E-state index contributed by atoms with van der Waals surface area (Å²) in [5.74, 6) is 1.25. The molecule has 10 aromatic rings. The smallest absolute Gasteiger partial charge is 0.160 e. The summed E-state index contributed by atoms with van der Waals surface area (Å²) < 4.78 is 0. The van der Waals surface area contributed by atoms with E-state index in [0.717, 1.165) is 67.3 Å². The third kappa shape index (κ3) is 7.71. The highest BCUT2D eigenvalue weighted by Gasteiger charge is 2.16. The predicted molar refractivity (Wildman–Crippen MR) is 240 cm³/mol. The molecule has 5 heterocycles. The lowest BCUT2D eigenvalue weighted by atomic mass is 10.0. The Morgan fingerprint density at radius 1 is 0.200 bits per heavy atom. The summed E-state index contributed by atoms with van der Waals surface area (Å²) in [5, 5.41) is 0. The first-order chi connectivity index (χ1) is 29.7. The molecule has 282 valence electrons. The van der Waals surface area contributed by atoms with Gasteiger partial charge in [-0.2, -0.15) is 0 Å². The largest absolute Gasteiger partial charge is 0.255 e. The molecule has 0 N–H and O–H groups in total. The second-order valence-corrected chi connectivity index (χ2v) is 14.2. The van der Waals surface area contributed by atoms with Crippen molar-refractivity contribution in [3.8, 4) is 102 Å². The first kappa shape index (κ1) is 36.1. The molecule has 60 heavy (non-hydrogen) atoms. The Hall–Kier alpha value is -8.29. The molecule has 5 aromatic heterocycles. The van der Waals surface area contributed by atoms with E-state index in [2.05, 4.69) is 60.7 Å². The van der Waals surface area contributed by atoms with Crippen LogP contribution in [0.25, 0.3) is 102 Å². The molecule has 7 heteroatoms. The lowest BCUT2D eigenvalue weighted by Gasteiger charge is -2.12. The lowest BCUT2D eigenvalue weighted by Crippen LogP contribution is -1.98. The van der Waals surface area contributed by atoms with Gasteiger partial charge in [-0.25, -0.2) is 24.9 Å². The molecule has 0 aliphatic heterocycles. The summed E-state index contributed by atoms with van der Waals surface area (Å²) in [4.78, 5) is 35.2. The minimum absolute atomic E-state index is 0.599. The van der Waals surface area contributed by atoms with Crippen molar-refractivity contribution in [2.75, 3.05) is 0 Å². The molecule has 10 rings (SSSR count). The molecule has 0 bridgehead atoms. The molecule has 0 fully saturated rings. The van der Waals surface area contributed by atoms with Gasteiger partial charge in [0.05, 0.1) is 45.6 Å². The zero-order valence-electron chi connectivity index (χ0n) is 32.3. The van der Waals surface area contributed by atoms with Gasteiger partial charge in [-0.15, -0.1) is 0 Å². The number of nitrogens with zero attached hydrogens (tertiary/aromatic N) is 7. The Kier molecular flexibility index (Phi) is 9.79. The van der Waals surface area contributed by atoms with E-state index < -0.39 is 0 Å². The quantitative estimate of drug-likeness (QED) is 0.144. The summed E-state index contributed by atoms with van der Waals surface area (Å²) in [7, 11) is 0. The minimum atomic E-state index is 0.599. The zero-order chi connectivity index (χ0) is 40.1. The molecule has 0 radical (unpaired) electrons. The van der Waals surface area contributed by atoms with Gasteiger partial charge in [0.1, 0.15) is 0 Å². The van der Waals surface area contributed by atoms with Crippen molar-refractivity contribution < 1.29 is 0 Å². The van der Waals surface area contributed by atoms with Crippen molar-refractivity contribution in [3.05, 3.63) is 213 Å². The van der Waals surface area contributed by atoms with E-state index in [-0.39, 0.29) is 0 Å². The Labute approximate surface area is 347 Å². The van der Waals surface area contributed by atoms with E-state index in [1.54, 1.807) is 6.20 Å². The maximum absolute atomic E-state index is 5.23. The van der Waals surface area contributed by atoms with E-state index in [1.165, 1.54) is 0 Å². The van der Waals surface area contributed by atoms with Crippen LogP contribution >= 0.6 is 0 Å². The van der Waals surface area contributed by atoms with Crippen molar-refractivity contribution in [2.45, 2.75) is 0 Å². The van der Waals surface area contributed by atoms with E-state index in [9.17, 15) is 0 Å². The number of pyridine rings is 3. The van der Waals surface area contributed by atoms with Crippen molar-refractivity contribution in [3.63, 3.8) is 0 Å². The fraction of sp³-hybridized carbons (Fsp3) is 0. The van der Waals surface area contributed by atoms with Crippen molar-refractivity contribution in [1.82, 2.24) is 34.9 Å². The number of hydrogen-bond acceptors (Lipinski definition) is 7. The second kappa shape index (κ2) is 16.3. The fourth-order valence-electron chi connectivity index (χ4n) is 7.19. The number of hydrogen-bond donors (Lipinski definition) is 0. The molecule has 0 spiro atoms. The van der Waals surface area contributed by atoms with Gasteiger partial charge in [-0.3, -0.25) is 9.97 Å². The Morgan fingerprint density at radius 3 is 0.983 bits per heavy atom. The number of benzene rings is 5. The van der Waals surface area contributed by atoms with Crippen LogP contribution < -0.4 is 0 Å². The van der Waals surface area contributed by atoms with Gasteiger partial charge in [0.2, 0.25) is 0 Å². The lowest BCUT2D eigenvalue weighted by molar-refractivity contribution is 1.17. The average molecular weight is 770 g/mol. The first-order valence-corrected chi connectivity index (χ1v) is 19.7. The molecular formula is C53H35N7. The second-order valence-electron chi connectivity index (χ2n) is 14.2. The van der Waals surface area contributed by atoms with E-state index >= 15 is 0 Å². The van der Waals surface area contributed by atoms with E-state index in [0.29, 0.717) is 34.4 Å². The monoisotopic (exact) mass is 769 g/mol. The topological polar surface area (TPSA) is 90.2 Å². The van der Waals surface area contributed by atoms with Crippen LogP contribution in [0.3, 0.4) is 0 Å². The van der Waals surface area contributed by atoms with Gasteiger partial charge in [0.25, 0.3) is 0 Å². The average Bonchev–Trinajstić information content (AvgIpc) is 3.35. The van der Waals surface area contributed by atoms with Crippen LogP contribution in [-0.4, -0.2) is 34.9 Å². The van der Waals surface area contributed by atoms with Gasteiger partial charge < -0.3 is 0 Å². The van der Waals surface area contributed by atoms with Crippen LogP contribution in [0.2, 0.25) is 0 Å². The van der Waals surface area contributed by atoms with E-state index in [4.69, 9.17) is 34.9 Å². The van der Waals surface area contributed by atoms with Gasteiger partial charge >= 0.3 is 0 Å². The third-order valence-corrected chi connectivity index (χ3v) is 10.2. The van der Waals surface area contributed by atoms with Crippen LogP contribution in [0.4, 0.5) is 0 Å². The molecule has 7 nitrogen and oxygen atoms in total. The maximum Gasteiger partial charge on any atom is 0.160 e. The minimum Gasteiger partial charge on any atom is -0.255 e. The third-order valence-electron chi connectivity index (χ3n) is 10.2. The highest BCUT2D eigenvalue weighted by atomic mass is 14.9. The van der Waals surface area contributed by atoms with Crippen LogP contribution in [0.1, 0.15) is 0 Å². The first-order valence-electron chi connectivity index (χ1n) is 19.7. The van der Waals surface area contributed by atoms with Gasteiger partial charge in [0, 0.05) is 45.8 Å². The highest BCUT2D eigenvalue weighted by Crippen LogP contribution is 2.34. The molecule has 0 aliphatic rings. The predicted octanol–water partition coefficient (Wildman–Crippen LogP) is 12.5. The van der Waals surface area contributed by atoms with Crippen LogP contribution in [0.5, 0.6) is 0 Å². The van der Waals surface area contributed by atoms with Crippen LogP contribution in [-0.2, 0) is 0 Å². The van der Waals surface area contributed by atoms with Crippen molar-refractivity contribution >= 4 is 0 Å². The van der Waals surface area contributed by atoms with Crippen LogP contribution in [0.15, 0.2) is 213 Å². The fourth-order valence-corrected chi connectivity index (χ4v) is 7.19. The summed E-state index contributed by atoms with van der Waals surface area (Å²) >= 11 is 0. The van der Waals surface area contributed by atoms with Gasteiger partial charge in [-0.1, -0.05) is 152 Å². The highest BCUT2D eigenvalue weighted by molar-refractivity contribution is 5.79. The summed E-state index contributed by atoms with van der Waals surface area (Å²) in [5.41, 5.74) is 13.8. The standard InChI is InChI=1S/C53H35N7/c1-6-16-36(17-7-1)43-32-50(48-30-41(26-28-54-48)47-35-46(39-22-12-4-13-23-39)57-52(60-47)40-24-14-5-15-25-40)56-51(33-43)49-31-42(27-29-55-49)53-58-44(37-18-8-2-9-19-37)34-45(59-53)38-20-10-3-11-21-38/h1-35H. The maximum atomic E-state index is 5.23. The normalized spacial score (nSPS) is 11.0. The molecule has 0 amide bonds. The SMILES string of the molecule is c1ccc(-c2cc(-c3cc(-c4cc(-c5ccccc5)nc(-c5ccccc5)n4)ccn3)nc(-c3cc(-c4nc(-c5ccccc5)cc(-c5ccccc5)n4)ccn3)c2)cc1. The number of aromatic nitrogens is 7. The molecule has 0 unspecified atom stereocenters. The van der Waals surface area contributed by atoms with Crippen molar-refractivity contribution in [1.29, 1.82) is 0 Å². The molecule has 0 saturated carbocycles. The Bertz CT molecular complexity index is 2770. The van der Waals surface area contributed by atoms with Gasteiger partial charge in [-0.05, 0) is 59.7 Å².